The molecule has 20 heavy (non-hydrogen) atoms. The van der Waals surface area contributed by atoms with Gasteiger partial charge in [0.1, 0.15) is 23.5 Å². The minimum atomic E-state index is -0.566. The molecule has 1 unspecified atom stereocenters. The average molecular weight is 361 g/mol. The molecule has 0 saturated heterocycles. The highest BCUT2D eigenvalue weighted by molar-refractivity contribution is 9.10. The molecule has 2 nitrogen and oxygen atoms in total. The first-order chi connectivity index (χ1) is 9.54. The average Bonchev–Trinajstić information content (AvgIpc) is 2.40. The Morgan fingerprint density at radius 1 is 1.20 bits per heavy atom. The molecule has 1 aliphatic heterocycles. The van der Waals surface area contributed by atoms with Crippen LogP contribution in [-0.4, -0.2) is 6.54 Å². The minimum absolute atomic E-state index is 0.0214. The Bertz CT molecular complexity index is 680. The lowest BCUT2D eigenvalue weighted by Crippen LogP contribution is -2.24. The van der Waals surface area contributed by atoms with Gasteiger partial charge in [0.2, 0.25) is 0 Å². The lowest BCUT2D eigenvalue weighted by atomic mass is 10.1. The van der Waals surface area contributed by atoms with E-state index in [-0.39, 0.29) is 10.8 Å². The molecule has 0 bridgehead atoms. The molecule has 1 N–H and O–H groups in total. The summed E-state index contributed by atoms with van der Waals surface area (Å²) in [6.45, 7) is 0.382. The molecule has 1 heterocycles. The molecule has 1 aliphatic rings. The fourth-order valence-electron chi connectivity index (χ4n) is 2.10. The van der Waals surface area contributed by atoms with Crippen molar-refractivity contribution >= 4 is 33.2 Å². The summed E-state index contributed by atoms with van der Waals surface area (Å²) in [5, 5.41) is 3.09. The molecule has 2 aromatic rings. The van der Waals surface area contributed by atoms with Crippen LogP contribution in [0.1, 0.15) is 11.7 Å². The van der Waals surface area contributed by atoms with Gasteiger partial charge in [0, 0.05) is 16.1 Å². The molecule has 0 aliphatic carbocycles. The van der Waals surface area contributed by atoms with Gasteiger partial charge < -0.3 is 10.1 Å². The molecule has 0 aromatic heterocycles. The SMILES string of the molecule is Fc1cc2c(cc1Cl)NCC(c1ccc(Br)cc1F)O2. The van der Waals surface area contributed by atoms with Crippen LogP contribution in [-0.2, 0) is 0 Å². The summed E-state index contributed by atoms with van der Waals surface area (Å²) in [4.78, 5) is 0. The fraction of sp³-hybridized carbons (Fsp3) is 0.143. The van der Waals surface area contributed by atoms with Crippen LogP contribution in [0, 0.1) is 11.6 Å². The van der Waals surface area contributed by atoms with Crippen molar-refractivity contribution in [1.82, 2.24) is 0 Å². The Balaban J connectivity index is 1.93. The standard InChI is InChI=1S/C14H9BrClF2NO/c15-7-1-2-8(10(17)3-7)14-6-19-12-4-9(16)11(18)5-13(12)20-14/h1-5,14,19H,6H2. The van der Waals surface area contributed by atoms with E-state index in [1.807, 2.05) is 0 Å². The first-order valence-electron chi connectivity index (χ1n) is 5.89. The zero-order valence-corrected chi connectivity index (χ0v) is 12.4. The molecule has 6 heteroatoms. The summed E-state index contributed by atoms with van der Waals surface area (Å²) in [6.07, 6.45) is -0.517. The van der Waals surface area contributed by atoms with Crippen molar-refractivity contribution in [2.75, 3.05) is 11.9 Å². The van der Waals surface area contributed by atoms with E-state index in [0.29, 0.717) is 28.0 Å². The van der Waals surface area contributed by atoms with E-state index in [4.69, 9.17) is 16.3 Å². The molecule has 0 saturated carbocycles. The third kappa shape index (κ3) is 2.47. The Morgan fingerprint density at radius 2 is 2.00 bits per heavy atom. The molecule has 0 fully saturated rings. The van der Waals surface area contributed by atoms with Crippen molar-refractivity contribution in [2.24, 2.45) is 0 Å². The van der Waals surface area contributed by atoms with E-state index < -0.39 is 11.9 Å². The lowest BCUT2D eigenvalue weighted by Gasteiger charge is -2.28. The number of hydrogen-bond acceptors (Lipinski definition) is 2. The summed E-state index contributed by atoms with van der Waals surface area (Å²) >= 11 is 8.91. The van der Waals surface area contributed by atoms with Gasteiger partial charge in [-0.2, -0.15) is 0 Å². The zero-order valence-electron chi connectivity index (χ0n) is 10.1. The molecule has 0 spiro atoms. The van der Waals surface area contributed by atoms with E-state index in [9.17, 15) is 8.78 Å². The lowest BCUT2D eigenvalue weighted by molar-refractivity contribution is 0.204. The monoisotopic (exact) mass is 359 g/mol. The molecule has 2 aromatic carbocycles. The molecule has 1 atom stereocenters. The maximum atomic E-state index is 13.9. The zero-order chi connectivity index (χ0) is 14.3. The number of anilines is 1. The van der Waals surface area contributed by atoms with Gasteiger partial charge >= 0.3 is 0 Å². The second-order valence-corrected chi connectivity index (χ2v) is 5.74. The first kappa shape index (κ1) is 13.6. The topological polar surface area (TPSA) is 21.3 Å². The highest BCUT2D eigenvalue weighted by Gasteiger charge is 2.24. The number of halogens is 4. The Morgan fingerprint density at radius 3 is 2.75 bits per heavy atom. The summed E-state index contributed by atoms with van der Waals surface area (Å²) in [6, 6.07) is 7.41. The fourth-order valence-corrected chi connectivity index (χ4v) is 2.59. The van der Waals surface area contributed by atoms with Crippen molar-refractivity contribution in [3.63, 3.8) is 0 Å². The van der Waals surface area contributed by atoms with Crippen molar-refractivity contribution in [3.8, 4) is 5.75 Å². The van der Waals surface area contributed by atoms with E-state index in [2.05, 4.69) is 21.2 Å². The highest BCUT2D eigenvalue weighted by atomic mass is 79.9. The summed E-state index contributed by atoms with van der Waals surface area (Å²) in [5.74, 6) is -0.612. The van der Waals surface area contributed by atoms with Crippen LogP contribution < -0.4 is 10.1 Å². The summed E-state index contributed by atoms with van der Waals surface area (Å²) in [5.41, 5.74) is 1.02. The number of rotatable bonds is 1. The summed E-state index contributed by atoms with van der Waals surface area (Å²) in [7, 11) is 0. The number of fused-ring (bicyclic) bond motifs is 1. The molecule has 3 rings (SSSR count). The van der Waals surface area contributed by atoms with Crippen molar-refractivity contribution in [1.29, 1.82) is 0 Å². The predicted octanol–water partition coefficient (Wildman–Crippen LogP) is 4.93. The molecular weight excluding hydrogens is 352 g/mol. The van der Waals surface area contributed by atoms with Crippen molar-refractivity contribution in [2.45, 2.75) is 6.10 Å². The van der Waals surface area contributed by atoms with Crippen LogP contribution in [0.25, 0.3) is 0 Å². The second-order valence-electron chi connectivity index (χ2n) is 4.42. The van der Waals surface area contributed by atoms with Gasteiger partial charge in [-0.15, -0.1) is 0 Å². The number of ether oxygens (including phenoxy) is 1. The van der Waals surface area contributed by atoms with Crippen LogP contribution in [0.2, 0.25) is 5.02 Å². The minimum Gasteiger partial charge on any atom is -0.481 e. The van der Waals surface area contributed by atoms with Gasteiger partial charge in [0.15, 0.2) is 0 Å². The Hall–Kier alpha value is -1.33. The smallest absolute Gasteiger partial charge is 0.146 e. The quantitative estimate of drug-likeness (QED) is 0.779. The first-order valence-corrected chi connectivity index (χ1v) is 7.06. The van der Waals surface area contributed by atoms with E-state index >= 15 is 0 Å². The maximum absolute atomic E-state index is 13.9. The van der Waals surface area contributed by atoms with E-state index in [0.717, 1.165) is 0 Å². The van der Waals surface area contributed by atoms with Crippen LogP contribution in [0.4, 0.5) is 14.5 Å². The van der Waals surface area contributed by atoms with Crippen LogP contribution >= 0.6 is 27.5 Å². The largest absolute Gasteiger partial charge is 0.481 e. The third-order valence-corrected chi connectivity index (χ3v) is 3.86. The van der Waals surface area contributed by atoms with Gasteiger partial charge in [-0.05, 0) is 18.2 Å². The third-order valence-electron chi connectivity index (χ3n) is 3.08. The van der Waals surface area contributed by atoms with Crippen molar-refractivity contribution < 1.29 is 13.5 Å². The molecule has 0 radical (unpaired) electrons. The number of nitrogens with one attached hydrogen (secondary N) is 1. The predicted molar refractivity (Wildman–Crippen MR) is 77.4 cm³/mol. The molecular formula is C14H9BrClF2NO. The Labute approximate surface area is 127 Å². The van der Waals surface area contributed by atoms with Gasteiger partial charge in [0.25, 0.3) is 0 Å². The van der Waals surface area contributed by atoms with E-state index in [1.54, 1.807) is 12.1 Å². The highest BCUT2D eigenvalue weighted by Crippen LogP contribution is 2.38. The normalized spacial score (nSPS) is 17.1. The van der Waals surface area contributed by atoms with Gasteiger partial charge in [-0.3, -0.25) is 0 Å². The molecule has 0 amide bonds. The number of benzene rings is 2. The van der Waals surface area contributed by atoms with Crippen LogP contribution in [0.15, 0.2) is 34.8 Å². The van der Waals surface area contributed by atoms with Gasteiger partial charge in [-0.1, -0.05) is 33.6 Å². The van der Waals surface area contributed by atoms with Gasteiger partial charge in [0.05, 0.1) is 17.3 Å². The van der Waals surface area contributed by atoms with Gasteiger partial charge in [-0.25, -0.2) is 8.78 Å². The van der Waals surface area contributed by atoms with Crippen LogP contribution in [0.3, 0.4) is 0 Å². The van der Waals surface area contributed by atoms with Crippen LogP contribution in [0.5, 0.6) is 5.75 Å². The summed E-state index contributed by atoms with van der Waals surface area (Å²) < 4.78 is 33.7. The second kappa shape index (κ2) is 5.22. The molecule has 104 valence electrons. The maximum Gasteiger partial charge on any atom is 0.146 e. The Kier molecular flexibility index (Phi) is 3.56. The van der Waals surface area contributed by atoms with E-state index in [1.165, 1.54) is 18.2 Å². The van der Waals surface area contributed by atoms with Crippen molar-refractivity contribution in [3.05, 3.63) is 57.0 Å². The number of hydrogen-bond donors (Lipinski definition) is 1.